The first-order chi connectivity index (χ1) is 9.10. The molecule has 1 rings (SSSR count). The number of rotatable bonds is 8. The minimum atomic E-state index is -0.528. The van der Waals surface area contributed by atoms with Crippen LogP contribution in [-0.2, 0) is 11.2 Å². The van der Waals surface area contributed by atoms with E-state index in [1.54, 1.807) is 0 Å². The van der Waals surface area contributed by atoms with E-state index in [0.29, 0.717) is 13.2 Å². The second-order valence-corrected chi connectivity index (χ2v) is 5.19. The maximum atomic E-state index is 13.9. The molecule has 0 aliphatic rings. The molecule has 2 nitrogen and oxygen atoms in total. The van der Waals surface area contributed by atoms with Gasteiger partial charge in [-0.05, 0) is 54.4 Å². The number of benzene rings is 1. The second-order valence-electron chi connectivity index (χ2n) is 4.34. The van der Waals surface area contributed by atoms with Crippen LogP contribution >= 0.6 is 15.9 Å². The third kappa shape index (κ3) is 5.16. The Morgan fingerprint density at radius 2 is 2.05 bits per heavy atom. The average Bonchev–Trinajstić information content (AvgIpc) is 2.41. The molecule has 0 saturated heterocycles. The van der Waals surface area contributed by atoms with E-state index in [9.17, 15) is 8.78 Å². The van der Waals surface area contributed by atoms with Gasteiger partial charge in [0.1, 0.15) is 11.6 Å². The molecular formula is C14H20BrF2NO. The van der Waals surface area contributed by atoms with Gasteiger partial charge >= 0.3 is 0 Å². The van der Waals surface area contributed by atoms with E-state index in [4.69, 9.17) is 4.74 Å². The topological polar surface area (TPSA) is 21.3 Å². The largest absolute Gasteiger partial charge is 0.380 e. The molecule has 0 aliphatic heterocycles. The second kappa shape index (κ2) is 8.61. The van der Waals surface area contributed by atoms with Gasteiger partial charge in [-0.25, -0.2) is 8.78 Å². The number of hydrogen-bond acceptors (Lipinski definition) is 2. The van der Waals surface area contributed by atoms with Crippen molar-refractivity contribution < 1.29 is 13.5 Å². The molecule has 0 aromatic heterocycles. The Morgan fingerprint density at radius 3 is 2.68 bits per heavy atom. The minimum absolute atomic E-state index is 0.0850. The number of halogens is 3. The van der Waals surface area contributed by atoms with Crippen LogP contribution in [0.4, 0.5) is 8.78 Å². The monoisotopic (exact) mass is 335 g/mol. The predicted octanol–water partition coefficient (Wildman–Crippen LogP) is 3.67. The van der Waals surface area contributed by atoms with Crippen molar-refractivity contribution >= 4 is 15.9 Å². The molecule has 0 fully saturated rings. The van der Waals surface area contributed by atoms with Crippen molar-refractivity contribution in [1.29, 1.82) is 0 Å². The summed E-state index contributed by atoms with van der Waals surface area (Å²) in [6.07, 6.45) is 1.24. The van der Waals surface area contributed by atoms with E-state index in [-0.39, 0.29) is 22.5 Å². The fraction of sp³-hybridized carbons (Fsp3) is 0.571. The quantitative estimate of drug-likeness (QED) is 0.732. The normalized spacial score (nSPS) is 12.7. The molecule has 0 amide bonds. The van der Waals surface area contributed by atoms with Crippen molar-refractivity contribution in [2.75, 3.05) is 19.8 Å². The smallest absolute Gasteiger partial charge is 0.143 e. The lowest BCUT2D eigenvalue weighted by Gasteiger charge is -2.19. The Balaban J connectivity index is 2.79. The van der Waals surface area contributed by atoms with Crippen LogP contribution < -0.4 is 5.32 Å². The molecule has 19 heavy (non-hydrogen) atoms. The van der Waals surface area contributed by atoms with Crippen molar-refractivity contribution in [3.8, 4) is 0 Å². The fourth-order valence-electron chi connectivity index (χ4n) is 1.80. The van der Waals surface area contributed by atoms with E-state index >= 15 is 0 Å². The summed E-state index contributed by atoms with van der Waals surface area (Å²) in [5.74, 6) is -1.04. The zero-order valence-electron chi connectivity index (χ0n) is 11.3. The highest BCUT2D eigenvalue weighted by molar-refractivity contribution is 9.10. The molecule has 1 N–H and O–H groups in total. The van der Waals surface area contributed by atoms with Crippen LogP contribution in [-0.4, -0.2) is 25.8 Å². The maximum Gasteiger partial charge on any atom is 0.143 e. The molecule has 0 spiro atoms. The molecule has 0 radical (unpaired) electrons. The molecule has 1 unspecified atom stereocenters. The van der Waals surface area contributed by atoms with E-state index in [2.05, 4.69) is 21.2 Å². The Bertz CT molecular complexity index is 393. The first-order valence-corrected chi connectivity index (χ1v) is 7.32. The summed E-state index contributed by atoms with van der Waals surface area (Å²) in [4.78, 5) is 0. The molecular weight excluding hydrogens is 316 g/mol. The average molecular weight is 336 g/mol. The molecule has 1 aromatic rings. The Hall–Kier alpha value is -0.520. The summed E-state index contributed by atoms with van der Waals surface area (Å²) in [6, 6.07) is 2.57. The van der Waals surface area contributed by atoms with Crippen molar-refractivity contribution in [1.82, 2.24) is 5.32 Å². The van der Waals surface area contributed by atoms with Crippen LogP contribution in [0.1, 0.15) is 25.8 Å². The van der Waals surface area contributed by atoms with Crippen LogP contribution in [0.3, 0.4) is 0 Å². The van der Waals surface area contributed by atoms with E-state index < -0.39 is 11.6 Å². The lowest BCUT2D eigenvalue weighted by atomic mass is 10.0. The number of nitrogens with one attached hydrogen (secondary N) is 1. The predicted molar refractivity (Wildman–Crippen MR) is 76.3 cm³/mol. The Kier molecular flexibility index (Phi) is 7.49. The van der Waals surface area contributed by atoms with Crippen molar-refractivity contribution in [3.05, 3.63) is 33.8 Å². The van der Waals surface area contributed by atoms with Crippen molar-refractivity contribution in [2.45, 2.75) is 32.7 Å². The van der Waals surface area contributed by atoms with Crippen LogP contribution in [0.2, 0.25) is 0 Å². The van der Waals surface area contributed by atoms with Crippen LogP contribution in [0.25, 0.3) is 0 Å². The maximum absolute atomic E-state index is 13.9. The van der Waals surface area contributed by atoms with Gasteiger partial charge in [0, 0.05) is 18.2 Å². The molecule has 0 bridgehead atoms. The van der Waals surface area contributed by atoms with Gasteiger partial charge in [-0.3, -0.25) is 0 Å². The third-order valence-electron chi connectivity index (χ3n) is 2.80. The number of hydrogen-bond donors (Lipinski definition) is 1. The van der Waals surface area contributed by atoms with Crippen LogP contribution in [0, 0.1) is 11.6 Å². The van der Waals surface area contributed by atoms with Gasteiger partial charge in [-0.1, -0.05) is 6.92 Å². The first kappa shape index (κ1) is 16.5. The Morgan fingerprint density at radius 1 is 1.32 bits per heavy atom. The summed E-state index contributed by atoms with van der Waals surface area (Å²) in [7, 11) is 0. The van der Waals surface area contributed by atoms with Gasteiger partial charge in [-0.15, -0.1) is 0 Å². The van der Waals surface area contributed by atoms with Gasteiger partial charge in [0.15, 0.2) is 0 Å². The third-order valence-corrected chi connectivity index (χ3v) is 3.41. The van der Waals surface area contributed by atoms with E-state index in [1.165, 1.54) is 12.1 Å². The molecule has 1 aromatic carbocycles. The number of ether oxygens (including phenoxy) is 1. The van der Waals surface area contributed by atoms with Crippen LogP contribution in [0.5, 0.6) is 0 Å². The summed E-state index contributed by atoms with van der Waals surface area (Å²) in [5, 5.41) is 3.25. The van der Waals surface area contributed by atoms with Gasteiger partial charge < -0.3 is 10.1 Å². The van der Waals surface area contributed by atoms with Gasteiger partial charge in [-0.2, -0.15) is 0 Å². The molecule has 0 aliphatic carbocycles. The summed E-state index contributed by atoms with van der Waals surface area (Å²) < 4.78 is 33.3. The summed E-state index contributed by atoms with van der Waals surface area (Å²) in [5.41, 5.74) is 0.0997. The first-order valence-electron chi connectivity index (χ1n) is 6.53. The summed E-state index contributed by atoms with van der Waals surface area (Å²) in [6.45, 7) is 5.78. The molecule has 0 saturated carbocycles. The minimum Gasteiger partial charge on any atom is -0.380 e. The SMILES string of the molecule is CCCNC(COCC)Cc1c(F)ccc(Br)c1F. The van der Waals surface area contributed by atoms with Gasteiger partial charge in [0.25, 0.3) is 0 Å². The van der Waals surface area contributed by atoms with Gasteiger partial charge in [0.05, 0.1) is 11.1 Å². The molecule has 5 heteroatoms. The molecule has 108 valence electrons. The highest BCUT2D eigenvalue weighted by atomic mass is 79.9. The summed E-state index contributed by atoms with van der Waals surface area (Å²) >= 11 is 3.08. The van der Waals surface area contributed by atoms with Crippen molar-refractivity contribution in [3.63, 3.8) is 0 Å². The highest BCUT2D eigenvalue weighted by Crippen LogP contribution is 2.22. The van der Waals surface area contributed by atoms with E-state index in [1.807, 2.05) is 13.8 Å². The van der Waals surface area contributed by atoms with Crippen LogP contribution in [0.15, 0.2) is 16.6 Å². The fourth-order valence-corrected chi connectivity index (χ4v) is 2.17. The lowest BCUT2D eigenvalue weighted by molar-refractivity contribution is 0.122. The van der Waals surface area contributed by atoms with E-state index in [0.717, 1.165) is 13.0 Å². The van der Waals surface area contributed by atoms with Crippen molar-refractivity contribution in [2.24, 2.45) is 0 Å². The lowest BCUT2D eigenvalue weighted by Crippen LogP contribution is -2.36. The van der Waals surface area contributed by atoms with Gasteiger partial charge in [0.2, 0.25) is 0 Å². The molecule has 0 heterocycles. The highest BCUT2D eigenvalue weighted by Gasteiger charge is 2.17. The zero-order chi connectivity index (χ0) is 14.3. The standard InChI is InChI=1S/C14H20BrF2NO/c1-3-7-18-10(9-19-4-2)8-11-13(16)6-5-12(15)14(11)17/h5-6,10,18H,3-4,7-9H2,1-2H3. The zero-order valence-corrected chi connectivity index (χ0v) is 12.9. The molecule has 1 atom stereocenters. The Labute approximate surface area is 121 Å².